The predicted octanol–water partition coefficient (Wildman–Crippen LogP) is 3.46. The van der Waals surface area contributed by atoms with Gasteiger partial charge in [-0.3, -0.25) is 9.29 Å². The lowest BCUT2D eigenvalue weighted by molar-refractivity contribution is -0.129. The van der Waals surface area contributed by atoms with Crippen LogP contribution in [0.4, 0.5) is 18.9 Å². The third kappa shape index (κ3) is 5.91. The van der Waals surface area contributed by atoms with E-state index in [2.05, 4.69) is 19.7 Å². The molecule has 0 aliphatic heterocycles. The highest BCUT2D eigenvalue weighted by atomic mass is 32.2. The number of rotatable bonds is 7. The highest BCUT2D eigenvalue weighted by Crippen LogP contribution is 2.24. The first kappa shape index (κ1) is 20.6. The summed E-state index contributed by atoms with van der Waals surface area (Å²) >= 11 is 0. The summed E-state index contributed by atoms with van der Waals surface area (Å²) in [6.45, 7) is 1.82. The lowest BCUT2D eigenvalue weighted by Gasteiger charge is -2.11. The van der Waals surface area contributed by atoms with Gasteiger partial charge in [0.05, 0.1) is 12.2 Å². The summed E-state index contributed by atoms with van der Waals surface area (Å²) in [7, 11) is -4.11. The number of imidazole rings is 1. The van der Waals surface area contributed by atoms with Gasteiger partial charge in [-0.1, -0.05) is 0 Å². The van der Waals surface area contributed by atoms with E-state index >= 15 is 0 Å². The van der Waals surface area contributed by atoms with Crippen LogP contribution in [0.3, 0.4) is 0 Å². The molecular formula is C17H16F3N5O3S. The first-order valence-corrected chi connectivity index (χ1v) is 9.94. The van der Waals surface area contributed by atoms with E-state index in [1.165, 1.54) is 30.6 Å². The molecule has 1 aromatic carbocycles. The number of nitrogens with zero attached hydrogens (tertiary/aromatic N) is 4. The Morgan fingerprint density at radius 3 is 2.48 bits per heavy atom. The van der Waals surface area contributed by atoms with E-state index in [0.717, 1.165) is 5.82 Å². The van der Waals surface area contributed by atoms with Gasteiger partial charge in [0, 0.05) is 24.1 Å². The van der Waals surface area contributed by atoms with Crippen LogP contribution >= 0.6 is 0 Å². The molecule has 0 saturated heterocycles. The van der Waals surface area contributed by atoms with Crippen molar-refractivity contribution in [1.29, 1.82) is 0 Å². The van der Waals surface area contributed by atoms with Crippen LogP contribution in [0.2, 0.25) is 0 Å². The van der Waals surface area contributed by atoms with E-state index in [0.29, 0.717) is 11.6 Å². The average molecular weight is 427 g/mol. The number of alkyl halides is 3. The van der Waals surface area contributed by atoms with Gasteiger partial charge in [0.15, 0.2) is 0 Å². The van der Waals surface area contributed by atoms with Gasteiger partial charge >= 0.3 is 6.18 Å². The van der Waals surface area contributed by atoms with Crippen LogP contribution in [0.15, 0.2) is 49.1 Å². The standard InChI is InChI=1S/C17H16F3N5O3S/c1-12-21-7-8-25(12)15-10-16(23-11-22-15)28-14-4-2-13(3-5-14)24-29(26,27)9-6-17(18,19)20/h2-5,7-8,10-11,24H,6,9H2,1H3. The highest BCUT2D eigenvalue weighted by Gasteiger charge is 2.29. The summed E-state index contributed by atoms with van der Waals surface area (Å²) in [6, 6.07) is 7.28. The van der Waals surface area contributed by atoms with Crippen LogP contribution in [0.1, 0.15) is 12.2 Å². The van der Waals surface area contributed by atoms with Crippen molar-refractivity contribution in [2.45, 2.75) is 19.5 Å². The second-order valence-corrected chi connectivity index (χ2v) is 7.81. The molecular weight excluding hydrogens is 411 g/mol. The molecule has 8 nitrogen and oxygen atoms in total. The van der Waals surface area contributed by atoms with Crippen LogP contribution in [0.25, 0.3) is 5.82 Å². The zero-order chi connectivity index (χ0) is 21.1. The van der Waals surface area contributed by atoms with Gasteiger partial charge in [-0.25, -0.2) is 23.4 Å². The Morgan fingerprint density at radius 1 is 1.14 bits per heavy atom. The fraction of sp³-hybridized carbons (Fsp3) is 0.235. The van der Waals surface area contributed by atoms with Gasteiger partial charge in [0.25, 0.3) is 0 Å². The van der Waals surface area contributed by atoms with Crippen molar-refractivity contribution in [2.24, 2.45) is 0 Å². The van der Waals surface area contributed by atoms with Crippen molar-refractivity contribution in [3.05, 3.63) is 54.9 Å². The third-order valence-corrected chi connectivity index (χ3v) is 4.99. The first-order valence-electron chi connectivity index (χ1n) is 8.29. The molecule has 0 aliphatic rings. The zero-order valence-electron chi connectivity index (χ0n) is 15.1. The molecule has 12 heteroatoms. The van der Waals surface area contributed by atoms with Crippen molar-refractivity contribution in [3.63, 3.8) is 0 Å². The van der Waals surface area contributed by atoms with Crippen LogP contribution in [0, 0.1) is 6.92 Å². The Morgan fingerprint density at radius 2 is 1.86 bits per heavy atom. The molecule has 0 saturated carbocycles. The Kier molecular flexibility index (Phi) is 5.73. The molecule has 3 aromatic rings. The summed E-state index contributed by atoms with van der Waals surface area (Å²) in [6.07, 6.45) is -1.27. The molecule has 0 spiro atoms. The first-order chi connectivity index (χ1) is 13.6. The number of nitrogens with one attached hydrogen (secondary N) is 1. The number of benzene rings is 1. The average Bonchev–Trinajstić information content (AvgIpc) is 3.07. The Hall–Kier alpha value is -3.15. The molecule has 0 bridgehead atoms. The van der Waals surface area contributed by atoms with Gasteiger partial charge in [-0.2, -0.15) is 13.2 Å². The number of halogens is 3. The minimum Gasteiger partial charge on any atom is -0.439 e. The quantitative estimate of drug-likeness (QED) is 0.620. The molecule has 0 radical (unpaired) electrons. The maximum Gasteiger partial charge on any atom is 0.390 e. The zero-order valence-corrected chi connectivity index (χ0v) is 15.9. The fourth-order valence-electron chi connectivity index (χ4n) is 2.33. The Labute approximate surface area is 164 Å². The molecule has 3 rings (SSSR count). The molecule has 1 N–H and O–H groups in total. The molecule has 0 unspecified atom stereocenters. The fourth-order valence-corrected chi connectivity index (χ4v) is 3.43. The number of hydrogen-bond donors (Lipinski definition) is 1. The minimum absolute atomic E-state index is 0.122. The SMILES string of the molecule is Cc1nccn1-c1cc(Oc2ccc(NS(=O)(=O)CCC(F)(F)F)cc2)ncn1. The van der Waals surface area contributed by atoms with Crippen molar-refractivity contribution in [1.82, 2.24) is 19.5 Å². The minimum atomic E-state index is -4.54. The number of anilines is 1. The lowest BCUT2D eigenvalue weighted by atomic mass is 10.3. The van der Waals surface area contributed by atoms with E-state index in [4.69, 9.17) is 4.74 Å². The van der Waals surface area contributed by atoms with Gasteiger partial charge in [0.1, 0.15) is 23.7 Å². The summed E-state index contributed by atoms with van der Waals surface area (Å²) in [5.74, 6) is 0.847. The lowest BCUT2D eigenvalue weighted by Crippen LogP contribution is -2.21. The molecule has 2 aromatic heterocycles. The van der Waals surface area contributed by atoms with Gasteiger partial charge in [-0.05, 0) is 31.2 Å². The van der Waals surface area contributed by atoms with E-state index in [1.54, 1.807) is 23.0 Å². The number of sulfonamides is 1. The normalized spacial score (nSPS) is 12.0. The summed E-state index contributed by atoms with van der Waals surface area (Å²) in [4.78, 5) is 12.3. The van der Waals surface area contributed by atoms with Crippen LogP contribution in [0.5, 0.6) is 11.6 Å². The number of aryl methyl sites for hydroxylation is 1. The van der Waals surface area contributed by atoms with Gasteiger partial charge in [0.2, 0.25) is 15.9 Å². The topological polar surface area (TPSA) is 99.0 Å². The molecule has 29 heavy (non-hydrogen) atoms. The van der Waals surface area contributed by atoms with E-state index in [-0.39, 0.29) is 11.6 Å². The van der Waals surface area contributed by atoms with Gasteiger partial charge in [-0.15, -0.1) is 0 Å². The predicted molar refractivity (Wildman–Crippen MR) is 98.5 cm³/mol. The van der Waals surface area contributed by atoms with Crippen molar-refractivity contribution in [3.8, 4) is 17.4 Å². The van der Waals surface area contributed by atoms with Crippen molar-refractivity contribution < 1.29 is 26.3 Å². The molecule has 0 atom stereocenters. The molecule has 0 fully saturated rings. The molecule has 154 valence electrons. The van der Waals surface area contributed by atoms with E-state index < -0.39 is 28.4 Å². The highest BCUT2D eigenvalue weighted by molar-refractivity contribution is 7.92. The third-order valence-electron chi connectivity index (χ3n) is 3.70. The second kappa shape index (κ2) is 8.07. The van der Waals surface area contributed by atoms with Crippen LogP contribution < -0.4 is 9.46 Å². The monoisotopic (exact) mass is 427 g/mol. The maximum atomic E-state index is 12.2. The number of hydrogen-bond acceptors (Lipinski definition) is 6. The van der Waals surface area contributed by atoms with E-state index in [1.807, 2.05) is 6.92 Å². The number of ether oxygens (including phenoxy) is 1. The summed E-state index contributed by atoms with van der Waals surface area (Å²) in [5, 5.41) is 0. The largest absolute Gasteiger partial charge is 0.439 e. The van der Waals surface area contributed by atoms with E-state index in [9.17, 15) is 21.6 Å². The van der Waals surface area contributed by atoms with Crippen molar-refractivity contribution in [2.75, 3.05) is 10.5 Å². The van der Waals surface area contributed by atoms with Crippen molar-refractivity contribution >= 4 is 15.7 Å². The van der Waals surface area contributed by atoms with Crippen LogP contribution in [-0.2, 0) is 10.0 Å². The smallest absolute Gasteiger partial charge is 0.390 e. The Balaban J connectivity index is 1.66. The maximum absolute atomic E-state index is 12.2. The molecule has 2 heterocycles. The van der Waals surface area contributed by atoms with Gasteiger partial charge < -0.3 is 4.74 Å². The second-order valence-electron chi connectivity index (χ2n) is 5.97. The summed E-state index contributed by atoms with van der Waals surface area (Å²) in [5.41, 5.74) is 0.122. The Bertz CT molecular complexity index is 1080. The van der Waals surface area contributed by atoms with Crippen LogP contribution in [-0.4, -0.2) is 39.9 Å². The molecule has 0 aliphatic carbocycles. The summed E-state index contributed by atoms with van der Waals surface area (Å²) < 4.78 is 69.5. The number of aromatic nitrogens is 4. The molecule has 0 amide bonds.